The second-order valence-corrected chi connectivity index (χ2v) is 10.1. The molecule has 9 heteroatoms. The molecule has 0 heterocycles. The van der Waals surface area contributed by atoms with Crippen LogP contribution in [-0.4, -0.2) is 63.9 Å². The summed E-state index contributed by atoms with van der Waals surface area (Å²) in [5, 5.41) is 26.2. The van der Waals surface area contributed by atoms with Crippen LogP contribution in [0.25, 0.3) is 0 Å². The average molecular weight is 492 g/mol. The summed E-state index contributed by atoms with van der Waals surface area (Å²) in [5.74, 6) is -1.06. The van der Waals surface area contributed by atoms with Gasteiger partial charge in [-0.3, -0.25) is 9.59 Å². The summed E-state index contributed by atoms with van der Waals surface area (Å²) >= 11 is 0. The first-order chi connectivity index (χ1) is 16.5. The highest BCUT2D eigenvalue weighted by Crippen LogP contribution is 2.37. The third-order valence-electron chi connectivity index (χ3n) is 6.06. The Bertz CT molecular complexity index is 878. The van der Waals surface area contributed by atoms with Gasteiger partial charge in [0.1, 0.15) is 23.4 Å². The molecule has 0 radical (unpaired) electrons. The number of aliphatic hydroxyl groups excluding tert-OH is 1. The molecule has 1 aromatic rings. The van der Waals surface area contributed by atoms with Crippen molar-refractivity contribution in [2.75, 3.05) is 13.2 Å². The first-order valence-electron chi connectivity index (χ1n) is 12.5. The molecular formula is C26H41N3O6. The molecule has 0 saturated heterocycles. The van der Waals surface area contributed by atoms with Crippen molar-refractivity contribution in [1.29, 1.82) is 0 Å². The Morgan fingerprint density at radius 2 is 1.89 bits per heavy atom. The summed E-state index contributed by atoms with van der Waals surface area (Å²) in [6.07, 6.45) is 4.17. The van der Waals surface area contributed by atoms with Crippen LogP contribution >= 0.6 is 0 Å². The van der Waals surface area contributed by atoms with Crippen LogP contribution in [0.15, 0.2) is 18.2 Å². The number of nitrogens with one attached hydrogen (secondary N) is 2. The number of rotatable bonds is 11. The topological polar surface area (TPSA) is 128 Å². The van der Waals surface area contributed by atoms with Gasteiger partial charge in [-0.05, 0) is 58.9 Å². The molecule has 0 spiro atoms. The first-order valence-corrected chi connectivity index (χ1v) is 12.5. The SMILES string of the molecule is CCCCCNC(=O)C(c1cccc(C)c1O)N(C(=O)C(CO)NC(=O)OC(C)(C)C)C1CCC1. The molecule has 1 aliphatic carbocycles. The highest BCUT2D eigenvalue weighted by Gasteiger charge is 2.42. The molecule has 2 rings (SSSR count). The van der Waals surface area contributed by atoms with Crippen LogP contribution in [0, 0.1) is 6.92 Å². The van der Waals surface area contributed by atoms with Crippen molar-refractivity contribution in [2.24, 2.45) is 0 Å². The molecule has 1 saturated carbocycles. The van der Waals surface area contributed by atoms with E-state index in [1.165, 1.54) is 4.90 Å². The number of carbonyl (C=O) groups is 3. The zero-order chi connectivity index (χ0) is 26.2. The summed E-state index contributed by atoms with van der Waals surface area (Å²) in [4.78, 5) is 41.0. The van der Waals surface area contributed by atoms with Gasteiger partial charge in [-0.2, -0.15) is 0 Å². The molecular weight excluding hydrogens is 450 g/mol. The smallest absolute Gasteiger partial charge is 0.408 e. The van der Waals surface area contributed by atoms with E-state index >= 15 is 0 Å². The highest BCUT2D eigenvalue weighted by atomic mass is 16.6. The van der Waals surface area contributed by atoms with Gasteiger partial charge in [0, 0.05) is 18.2 Å². The van der Waals surface area contributed by atoms with Crippen LogP contribution in [0.4, 0.5) is 4.79 Å². The highest BCUT2D eigenvalue weighted by molar-refractivity contribution is 5.93. The molecule has 1 fully saturated rings. The number of unbranched alkanes of at least 4 members (excludes halogenated alkanes) is 2. The molecule has 3 amide bonds. The predicted molar refractivity (Wildman–Crippen MR) is 133 cm³/mol. The molecule has 35 heavy (non-hydrogen) atoms. The lowest BCUT2D eigenvalue weighted by Crippen LogP contribution is -2.58. The largest absolute Gasteiger partial charge is 0.507 e. The number of phenols is 1. The van der Waals surface area contributed by atoms with Gasteiger partial charge < -0.3 is 30.5 Å². The fourth-order valence-electron chi connectivity index (χ4n) is 4.00. The molecule has 196 valence electrons. The fraction of sp³-hybridized carbons (Fsp3) is 0.654. The minimum Gasteiger partial charge on any atom is -0.507 e. The Morgan fingerprint density at radius 3 is 2.43 bits per heavy atom. The number of aliphatic hydroxyl groups is 1. The van der Waals surface area contributed by atoms with Crippen molar-refractivity contribution in [1.82, 2.24) is 15.5 Å². The van der Waals surface area contributed by atoms with Crippen molar-refractivity contribution >= 4 is 17.9 Å². The van der Waals surface area contributed by atoms with Gasteiger partial charge in [-0.15, -0.1) is 0 Å². The van der Waals surface area contributed by atoms with E-state index in [1.54, 1.807) is 45.9 Å². The molecule has 2 unspecified atom stereocenters. The van der Waals surface area contributed by atoms with E-state index in [2.05, 4.69) is 17.6 Å². The molecule has 9 nitrogen and oxygen atoms in total. The lowest BCUT2D eigenvalue weighted by Gasteiger charge is -2.43. The Labute approximate surface area is 208 Å². The number of para-hydroxylation sites is 1. The minimum atomic E-state index is -1.30. The van der Waals surface area contributed by atoms with E-state index < -0.39 is 42.2 Å². The third-order valence-corrected chi connectivity index (χ3v) is 6.06. The van der Waals surface area contributed by atoms with E-state index in [4.69, 9.17) is 4.74 Å². The summed E-state index contributed by atoms with van der Waals surface area (Å²) in [5.41, 5.74) is 0.111. The summed E-state index contributed by atoms with van der Waals surface area (Å²) in [7, 11) is 0. The molecule has 4 N–H and O–H groups in total. The first kappa shape index (κ1) is 28.4. The maximum atomic E-state index is 13.7. The normalized spacial score (nSPS) is 15.5. The summed E-state index contributed by atoms with van der Waals surface area (Å²) in [6.45, 7) is 8.67. The van der Waals surface area contributed by atoms with Crippen LogP contribution in [0.1, 0.15) is 83.4 Å². The maximum Gasteiger partial charge on any atom is 0.408 e. The van der Waals surface area contributed by atoms with E-state index in [9.17, 15) is 24.6 Å². The lowest BCUT2D eigenvalue weighted by molar-refractivity contribution is -0.148. The number of ether oxygens (including phenoxy) is 1. The van der Waals surface area contributed by atoms with Crippen LogP contribution in [0.3, 0.4) is 0 Å². The van der Waals surface area contributed by atoms with Gasteiger partial charge in [0.25, 0.3) is 0 Å². The zero-order valence-electron chi connectivity index (χ0n) is 21.6. The predicted octanol–water partition coefficient (Wildman–Crippen LogP) is 3.31. The van der Waals surface area contributed by atoms with Crippen molar-refractivity contribution < 1.29 is 29.3 Å². The van der Waals surface area contributed by atoms with Crippen LogP contribution < -0.4 is 10.6 Å². The van der Waals surface area contributed by atoms with Gasteiger partial charge in [0.05, 0.1) is 6.61 Å². The molecule has 0 aromatic heterocycles. The van der Waals surface area contributed by atoms with Crippen molar-refractivity contribution in [3.8, 4) is 5.75 Å². The lowest BCUT2D eigenvalue weighted by atomic mass is 9.87. The zero-order valence-corrected chi connectivity index (χ0v) is 21.6. The number of nitrogens with zero attached hydrogens (tertiary/aromatic N) is 1. The van der Waals surface area contributed by atoms with Gasteiger partial charge in [-0.25, -0.2) is 4.79 Å². The standard InChI is InChI=1S/C26H41N3O6/c1-6-7-8-15-27-23(32)21(19-14-9-11-17(2)22(19)31)29(18-12-10-13-18)24(33)20(16-30)28-25(34)35-26(3,4)5/h9,11,14,18,20-21,30-31H,6-8,10,12-13,15-16H2,1-5H3,(H,27,32)(H,28,34). The number of benzene rings is 1. The van der Waals surface area contributed by atoms with Crippen molar-refractivity contribution in [2.45, 2.75) is 96.9 Å². The van der Waals surface area contributed by atoms with Crippen LogP contribution in [0.2, 0.25) is 0 Å². The maximum absolute atomic E-state index is 13.7. The number of aryl methyl sites for hydroxylation is 1. The second kappa shape index (κ2) is 12.8. The molecule has 0 aliphatic heterocycles. The Kier molecular flexibility index (Phi) is 10.4. The van der Waals surface area contributed by atoms with Crippen molar-refractivity contribution in [3.05, 3.63) is 29.3 Å². The quantitative estimate of drug-likeness (QED) is 0.352. The van der Waals surface area contributed by atoms with Crippen molar-refractivity contribution in [3.63, 3.8) is 0 Å². The van der Waals surface area contributed by atoms with Gasteiger partial charge in [0.15, 0.2) is 0 Å². The number of aromatic hydroxyl groups is 1. The van der Waals surface area contributed by atoms with Crippen LogP contribution in [0.5, 0.6) is 5.75 Å². The third kappa shape index (κ3) is 7.85. The average Bonchev–Trinajstić information content (AvgIpc) is 2.74. The Hall–Kier alpha value is -2.81. The molecule has 2 atom stereocenters. The monoisotopic (exact) mass is 491 g/mol. The fourth-order valence-corrected chi connectivity index (χ4v) is 4.00. The Morgan fingerprint density at radius 1 is 1.20 bits per heavy atom. The summed E-state index contributed by atoms with van der Waals surface area (Å²) in [6, 6.07) is 2.42. The van der Waals surface area contributed by atoms with Gasteiger partial charge in [-0.1, -0.05) is 38.0 Å². The molecule has 1 aliphatic rings. The van der Waals surface area contributed by atoms with Gasteiger partial charge >= 0.3 is 6.09 Å². The van der Waals surface area contributed by atoms with E-state index in [-0.39, 0.29) is 11.8 Å². The number of amides is 3. The number of carbonyl (C=O) groups excluding carboxylic acids is 3. The minimum absolute atomic E-state index is 0.0565. The summed E-state index contributed by atoms with van der Waals surface area (Å²) < 4.78 is 5.25. The number of hydrogen-bond acceptors (Lipinski definition) is 6. The van der Waals surface area contributed by atoms with Crippen LogP contribution in [-0.2, 0) is 14.3 Å². The van der Waals surface area contributed by atoms with E-state index in [1.807, 2.05) is 0 Å². The number of phenolic OH excluding ortho intramolecular Hbond substituents is 1. The Balaban J connectivity index is 2.42. The molecule has 1 aromatic carbocycles. The number of alkyl carbamates (subject to hydrolysis) is 1. The van der Waals surface area contributed by atoms with E-state index in [0.29, 0.717) is 30.5 Å². The molecule has 0 bridgehead atoms. The second-order valence-electron chi connectivity index (χ2n) is 10.1. The van der Waals surface area contributed by atoms with E-state index in [0.717, 1.165) is 25.7 Å². The number of hydrogen-bond donors (Lipinski definition) is 4. The van der Waals surface area contributed by atoms with Gasteiger partial charge in [0.2, 0.25) is 11.8 Å².